The molecule has 228 valence electrons. The van der Waals surface area contributed by atoms with Gasteiger partial charge in [-0.3, -0.25) is 19.3 Å². The lowest BCUT2D eigenvalue weighted by molar-refractivity contribution is -0.126. The predicted octanol–water partition coefficient (Wildman–Crippen LogP) is 4.17. The van der Waals surface area contributed by atoms with E-state index in [1.54, 1.807) is 12.1 Å². The van der Waals surface area contributed by atoms with Crippen LogP contribution >= 0.6 is 0 Å². The summed E-state index contributed by atoms with van der Waals surface area (Å²) in [6.07, 6.45) is 8.37. The number of aromatic nitrogens is 1. The number of amides is 3. The second-order valence-electron chi connectivity index (χ2n) is 12.5. The summed E-state index contributed by atoms with van der Waals surface area (Å²) in [6.45, 7) is 5.89. The molecule has 2 aromatic rings. The van der Waals surface area contributed by atoms with Gasteiger partial charge in [0.2, 0.25) is 11.8 Å². The van der Waals surface area contributed by atoms with Crippen LogP contribution in [0.1, 0.15) is 98.5 Å². The van der Waals surface area contributed by atoms with E-state index in [-0.39, 0.29) is 35.9 Å². The first-order chi connectivity index (χ1) is 20.3. The Morgan fingerprint density at radius 1 is 1.05 bits per heavy atom. The highest BCUT2D eigenvalue weighted by atomic mass is 19.1. The lowest BCUT2D eigenvalue weighted by atomic mass is 9.87. The van der Waals surface area contributed by atoms with Gasteiger partial charge in [0.05, 0.1) is 24.3 Å². The quantitative estimate of drug-likeness (QED) is 0.561. The number of hydrogen-bond donors (Lipinski definition) is 2. The van der Waals surface area contributed by atoms with Crippen molar-refractivity contribution in [1.29, 1.82) is 0 Å². The van der Waals surface area contributed by atoms with Crippen molar-refractivity contribution in [3.05, 3.63) is 52.7 Å². The maximum Gasteiger partial charge on any atom is 0.257 e. The van der Waals surface area contributed by atoms with Crippen molar-refractivity contribution in [3.63, 3.8) is 0 Å². The van der Waals surface area contributed by atoms with E-state index in [9.17, 15) is 18.8 Å². The van der Waals surface area contributed by atoms with Crippen molar-refractivity contribution in [2.24, 2.45) is 5.92 Å². The fourth-order valence-corrected chi connectivity index (χ4v) is 6.49. The maximum absolute atomic E-state index is 14.8. The van der Waals surface area contributed by atoms with Gasteiger partial charge in [-0.15, -0.1) is 0 Å². The minimum Gasteiger partial charge on any atom is -0.360 e. The Kier molecular flexibility index (Phi) is 9.92. The van der Waals surface area contributed by atoms with Crippen molar-refractivity contribution >= 4 is 17.7 Å². The topological polar surface area (TPSA) is 108 Å². The number of carbonyl (C=O) groups excluding carboxylic acids is 3. The second-order valence-corrected chi connectivity index (χ2v) is 12.5. The molecule has 2 N–H and O–H groups in total. The summed E-state index contributed by atoms with van der Waals surface area (Å²) in [7, 11) is 0. The molecule has 3 aliphatic rings. The number of halogens is 1. The summed E-state index contributed by atoms with van der Waals surface area (Å²) in [5.41, 5.74) is 1.80. The molecule has 0 unspecified atom stereocenters. The molecule has 42 heavy (non-hydrogen) atoms. The van der Waals surface area contributed by atoms with Crippen molar-refractivity contribution < 1.29 is 23.3 Å². The first kappa shape index (κ1) is 30.2. The highest BCUT2D eigenvalue weighted by Gasteiger charge is 2.37. The van der Waals surface area contributed by atoms with Gasteiger partial charge in [-0.1, -0.05) is 44.3 Å². The van der Waals surface area contributed by atoms with E-state index in [4.69, 9.17) is 4.52 Å². The number of fused-ring (bicyclic) bond motifs is 3. The van der Waals surface area contributed by atoms with Crippen molar-refractivity contribution in [2.45, 2.75) is 96.2 Å². The molecule has 0 spiro atoms. The molecule has 1 aromatic heterocycles. The molecular formula is C32H44FN5O4. The fourth-order valence-electron chi connectivity index (χ4n) is 6.49. The van der Waals surface area contributed by atoms with E-state index >= 15 is 0 Å². The predicted molar refractivity (Wildman–Crippen MR) is 156 cm³/mol. The van der Waals surface area contributed by atoms with Gasteiger partial charge >= 0.3 is 0 Å². The Labute approximate surface area is 247 Å². The lowest BCUT2D eigenvalue weighted by Crippen LogP contribution is -2.53. The third kappa shape index (κ3) is 7.38. The molecule has 10 heteroatoms. The third-order valence-corrected chi connectivity index (χ3v) is 8.98. The molecule has 2 aliphatic heterocycles. The van der Waals surface area contributed by atoms with Gasteiger partial charge < -0.3 is 20.1 Å². The van der Waals surface area contributed by atoms with E-state index in [1.165, 1.54) is 30.2 Å². The highest BCUT2D eigenvalue weighted by Crippen LogP contribution is 2.32. The van der Waals surface area contributed by atoms with E-state index in [2.05, 4.69) is 15.8 Å². The van der Waals surface area contributed by atoms with Gasteiger partial charge in [0.15, 0.2) is 5.76 Å². The minimum absolute atomic E-state index is 0.00760. The molecule has 2 bridgehead atoms. The molecule has 2 fully saturated rings. The molecule has 1 saturated heterocycles. The number of rotatable bonds is 4. The largest absolute Gasteiger partial charge is 0.360 e. The van der Waals surface area contributed by atoms with Crippen LogP contribution in [0.3, 0.4) is 0 Å². The Hall–Kier alpha value is -3.27. The summed E-state index contributed by atoms with van der Waals surface area (Å²) in [5.74, 6) is -0.210. The summed E-state index contributed by atoms with van der Waals surface area (Å²) in [5, 5.41) is 10.5. The number of hydrogen-bond acceptors (Lipinski definition) is 6. The van der Waals surface area contributed by atoms with Crippen LogP contribution in [0.4, 0.5) is 4.39 Å². The molecule has 3 heterocycles. The monoisotopic (exact) mass is 581 g/mol. The summed E-state index contributed by atoms with van der Waals surface area (Å²) in [4.78, 5) is 43.6. The van der Waals surface area contributed by atoms with Gasteiger partial charge in [0.25, 0.3) is 5.91 Å². The van der Waals surface area contributed by atoms with Crippen LogP contribution in [0.5, 0.6) is 0 Å². The van der Waals surface area contributed by atoms with Crippen LogP contribution < -0.4 is 10.6 Å². The molecule has 3 amide bonds. The molecule has 1 aliphatic carbocycles. The minimum atomic E-state index is -0.665. The first-order valence-corrected chi connectivity index (χ1v) is 15.6. The Balaban J connectivity index is 1.37. The zero-order chi connectivity index (χ0) is 29.6. The zero-order valence-corrected chi connectivity index (χ0v) is 24.9. The molecule has 1 aromatic carbocycles. The van der Waals surface area contributed by atoms with Crippen molar-refractivity contribution in [3.8, 4) is 0 Å². The molecule has 2 atom stereocenters. The number of nitrogens with one attached hydrogen (secondary N) is 2. The van der Waals surface area contributed by atoms with E-state index < -0.39 is 17.8 Å². The number of benzene rings is 1. The Bertz CT molecular complexity index is 1260. The average molecular weight is 582 g/mol. The highest BCUT2D eigenvalue weighted by molar-refractivity contribution is 5.98. The standard InChI is InChI=1S/C32H44FN5O4/c1-21(2)28-19-37(18-24-17-27(36-42-24)23-9-4-3-5-10-23)20-30(39)34-14-6-8-22-12-13-26(33)25(16-22)32(41)38-15-7-11-29(38)31(40)35-28/h12-13,16-17,21,23,28-29H,3-11,14-15,18-20H2,1-2H3,(H,34,39)(H,35,40)/t28-,29-/m0/s1. The van der Waals surface area contributed by atoms with Gasteiger partial charge in [0.1, 0.15) is 11.9 Å². The SMILES string of the molecule is CC(C)[C@@H]1CN(Cc2cc(C3CCCCC3)no2)CC(=O)NCCCc2ccc(F)c(c2)C(=O)N2CCC[C@H]2C(=O)N1. The van der Waals surface area contributed by atoms with Crippen LogP contribution in [-0.2, 0) is 22.6 Å². The van der Waals surface area contributed by atoms with Crippen LogP contribution in [0.2, 0.25) is 0 Å². The van der Waals surface area contributed by atoms with Crippen LogP contribution in [0.15, 0.2) is 28.8 Å². The fraction of sp³-hybridized carbons (Fsp3) is 0.625. The molecule has 9 nitrogen and oxygen atoms in total. The molecule has 0 radical (unpaired) electrons. The lowest BCUT2D eigenvalue weighted by Gasteiger charge is -2.32. The number of nitrogens with zero attached hydrogens (tertiary/aromatic N) is 3. The van der Waals surface area contributed by atoms with E-state index in [0.29, 0.717) is 63.5 Å². The van der Waals surface area contributed by atoms with Crippen molar-refractivity contribution in [2.75, 3.05) is 26.2 Å². The average Bonchev–Trinajstić information content (AvgIpc) is 3.66. The first-order valence-electron chi connectivity index (χ1n) is 15.6. The number of aryl methyl sites for hydroxylation is 1. The van der Waals surface area contributed by atoms with Gasteiger partial charge in [-0.05, 0) is 62.1 Å². The van der Waals surface area contributed by atoms with E-state index in [1.807, 2.05) is 24.8 Å². The van der Waals surface area contributed by atoms with Crippen molar-refractivity contribution in [1.82, 2.24) is 25.6 Å². The summed E-state index contributed by atoms with van der Waals surface area (Å²) >= 11 is 0. The Morgan fingerprint density at radius 2 is 1.86 bits per heavy atom. The molecule has 5 rings (SSSR count). The number of carbonyl (C=O) groups is 3. The zero-order valence-electron chi connectivity index (χ0n) is 24.9. The van der Waals surface area contributed by atoms with Gasteiger partial charge in [-0.25, -0.2) is 4.39 Å². The molecule has 1 saturated carbocycles. The van der Waals surface area contributed by atoms with Gasteiger partial charge in [-0.2, -0.15) is 0 Å². The van der Waals surface area contributed by atoms with Crippen LogP contribution in [0.25, 0.3) is 0 Å². The van der Waals surface area contributed by atoms with Crippen LogP contribution in [0, 0.1) is 11.7 Å². The maximum atomic E-state index is 14.8. The third-order valence-electron chi connectivity index (χ3n) is 8.98. The van der Waals surface area contributed by atoms with Gasteiger partial charge in [0, 0.05) is 37.7 Å². The molecular weight excluding hydrogens is 537 g/mol. The summed E-state index contributed by atoms with van der Waals surface area (Å²) in [6, 6.07) is 5.65. The Morgan fingerprint density at radius 3 is 2.64 bits per heavy atom. The van der Waals surface area contributed by atoms with E-state index in [0.717, 1.165) is 24.1 Å². The smallest absolute Gasteiger partial charge is 0.257 e. The van der Waals surface area contributed by atoms with Crippen LogP contribution in [-0.4, -0.2) is 70.9 Å². The second kappa shape index (κ2) is 13.8. The summed E-state index contributed by atoms with van der Waals surface area (Å²) < 4.78 is 20.5. The normalized spacial score (nSPS) is 23.9.